The predicted molar refractivity (Wildman–Crippen MR) is 70.0 cm³/mol. The molecule has 1 rings (SSSR count). The standard InChI is InChI=1S/C11H14ClNO5S/c1-3-9(11(14)15)13-19(16,17)7-4-5-10(18-2)8(12)6-7/h4-6,9,13H,3H2,1-2H3,(H,14,15)/t9-/m0/s1. The van der Waals surface area contributed by atoms with Crippen LogP contribution in [0.25, 0.3) is 0 Å². The predicted octanol–water partition coefficient (Wildman–Crippen LogP) is 1.49. The molecular formula is C11H14ClNO5S. The van der Waals surface area contributed by atoms with Gasteiger partial charge in [-0.3, -0.25) is 4.79 Å². The topological polar surface area (TPSA) is 92.7 Å². The number of hydrogen-bond acceptors (Lipinski definition) is 4. The number of carboxylic acids is 1. The summed E-state index contributed by atoms with van der Waals surface area (Å²) in [5.74, 6) is -0.892. The van der Waals surface area contributed by atoms with Gasteiger partial charge in [-0.05, 0) is 24.6 Å². The fourth-order valence-electron chi connectivity index (χ4n) is 1.38. The maximum atomic E-state index is 12.0. The summed E-state index contributed by atoms with van der Waals surface area (Å²) in [6, 6.07) is 2.73. The molecule has 1 aromatic carbocycles. The third-order valence-electron chi connectivity index (χ3n) is 2.44. The normalized spacial score (nSPS) is 13.0. The van der Waals surface area contributed by atoms with E-state index >= 15 is 0 Å². The number of benzene rings is 1. The van der Waals surface area contributed by atoms with E-state index in [1.807, 2.05) is 0 Å². The van der Waals surface area contributed by atoms with Crippen molar-refractivity contribution < 1.29 is 23.1 Å². The summed E-state index contributed by atoms with van der Waals surface area (Å²) in [6.45, 7) is 1.57. The third kappa shape index (κ3) is 3.82. The van der Waals surface area contributed by atoms with Crippen molar-refractivity contribution in [2.24, 2.45) is 0 Å². The van der Waals surface area contributed by atoms with Crippen LogP contribution in [-0.2, 0) is 14.8 Å². The largest absolute Gasteiger partial charge is 0.495 e. The van der Waals surface area contributed by atoms with Gasteiger partial charge in [0.25, 0.3) is 0 Å². The second-order valence-electron chi connectivity index (χ2n) is 3.72. The Kier molecular flexibility index (Phi) is 5.16. The van der Waals surface area contributed by atoms with E-state index in [0.29, 0.717) is 5.75 Å². The van der Waals surface area contributed by atoms with Crippen LogP contribution in [0.4, 0.5) is 0 Å². The molecule has 106 valence electrons. The van der Waals surface area contributed by atoms with Crippen molar-refractivity contribution in [3.05, 3.63) is 23.2 Å². The molecule has 2 N–H and O–H groups in total. The van der Waals surface area contributed by atoms with Crippen molar-refractivity contribution >= 4 is 27.6 Å². The van der Waals surface area contributed by atoms with Gasteiger partial charge in [-0.15, -0.1) is 0 Å². The van der Waals surface area contributed by atoms with Crippen LogP contribution in [0.2, 0.25) is 5.02 Å². The lowest BCUT2D eigenvalue weighted by molar-refractivity contribution is -0.139. The molecule has 1 aromatic rings. The zero-order chi connectivity index (χ0) is 14.6. The first-order chi connectivity index (χ1) is 8.81. The Morgan fingerprint density at radius 2 is 2.16 bits per heavy atom. The summed E-state index contributed by atoms with van der Waals surface area (Å²) in [5, 5.41) is 8.98. The Balaban J connectivity index is 3.07. The summed E-state index contributed by atoms with van der Waals surface area (Å²) < 4.78 is 31.0. The molecule has 6 nitrogen and oxygen atoms in total. The number of halogens is 1. The van der Waals surface area contributed by atoms with E-state index < -0.39 is 22.0 Å². The Hall–Kier alpha value is -1.31. The molecular weight excluding hydrogens is 294 g/mol. The summed E-state index contributed by atoms with van der Waals surface area (Å²) in [5.41, 5.74) is 0. The van der Waals surface area contributed by atoms with Crippen molar-refractivity contribution in [3.63, 3.8) is 0 Å². The third-order valence-corrected chi connectivity index (χ3v) is 4.20. The van der Waals surface area contributed by atoms with Gasteiger partial charge in [-0.1, -0.05) is 18.5 Å². The number of hydrogen-bond donors (Lipinski definition) is 2. The van der Waals surface area contributed by atoms with Gasteiger partial charge < -0.3 is 9.84 Å². The van der Waals surface area contributed by atoms with E-state index in [0.717, 1.165) is 0 Å². The maximum Gasteiger partial charge on any atom is 0.321 e. The molecule has 0 saturated heterocycles. The molecule has 0 amide bonds. The van der Waals surface area contributed by atoms with Crippen LogP contribution in [0.1, 0.15) is 13.3 Å². The van der Waals surface area contributed by atoms with Gasteiger partial charge in [0.05, 0.1) is 17.0 Å². The van der Waals surface area contributed by atoms with Gasteiger partial charge in [0, 0.05) is 0 Å². The average Bonchev–Trinajstić information content (AvgIpc) is 2.35. The van der Waals surface area contributed by atoms with Crippen LogP contribution in [0.15, 0.2) is 23.1 Å². The highest BCUT2D eigenvalue weighted by atomic mass is 35.5. The Morgan fingerprint density at radius 3 is 2.58 bits per heavy atom. The molecule has 0 spiro atoms. The molecule has 0 heterocycles. The molecule has 0 aliphatic carbocycles. The van der Waals surface area contributed by atoms with E-state index in [4.69, 9.17) is 21.4 Å². The van der Waals surface area contributed by atoms with E-state index in [9.17, 15) is 13.2 Å². The van der Waals surface area contributed by atoms with Crippen LogP contribution in [0.3, 0.4) is 0 Å². The molecule has 0 aliphatic heterocycles. The van der Waals surface area contributed by atoms with E-state index in [2.05, 4.69) is 4.72 Å². The summed E-state index contributed by atoms with van der Waals surface area (Å²) in [6.07, 6.45) is 0.137. The van der Waals surface area contributed by atoms with Crippen molar-refractivity contribution in [2.45, 2.75) is 24.3 Å². The van der Waals surface area contributed by atoms with E-state index in [-0.39, 0.29) is 16.3 Å². The van der Waals surface area contributed by atoms with Gasteiger partial charge in [-0.2, -0.15) is 4.72 Å². The Bertz CT molecular complexity index is 572. The number of carbonyl (C=O) groups is 1. The number of methoxy groups -OCH3 is 1. The van der Waals surface area contributed by atoms with E-state index in [1.54, 1.807) is 6.92 Å². The molecule has 1 atom stereocenters. The highest BCUT2D eigenvalue weighted by Crippen LogP contribution is 2.26. The molecule has 0 aliphatic rings. The van der Waals surface area contributed by atoms with Crippen LogP contribution >= 0.6 is 11.6 Å². The minimum atomic E-state index is -3.93. The van der Waals surface area contributed by atoms with Crippen molar-refractivity contribution in [3.8, 4) is 5.75 Å². The van der Waals surface area contributed by atoms with Crippen molar-refractivity contribution in [2.75, 3.05) is 7.11 Å². The van der Waals surface area contributed by atoms with Crippen LogP contribution in [0.5, 0.6) is 5.75 Å². The van der Waals surface area contributed by atoms with Crippen molar-refractivity contribution in [1.82, 2.24) is 4.72 Å². The number of sulfonamides is 1. The Labute approximate surface area is 116 Å². The highest BCUT2D eigenvalue weighted by molar-refractivity contribution is 7.89. The lowest BCUT2D eigenvalue weighted by atomic mass is 10.2. The lowest BCUT2D eigenvalue weighted by Crippen LogP contribution is -2.40. The molecule has 19 heavy (non-hydrogen) atoms. The molecule has 0 bridgehead atoms. The lowest BCUT2D eigenvalue weighted by Gasteiger charge is -2.13. The fraction of sp³-hybridized carbons (Fsp3) is 0.364. The minimum Gasteiger partial charge on any atom is -0.495 e. The number of carboxylic acid groups (broad SMARTS) is 1. The van der Waals surface area contributed by atoms with Gasteiger partial charge in [0.1, 0.15) is 11.8 Å². The van der Waals surface area contributed by atoms with Crippen LogP contribution in [-0.4, -0.2) is 32.6 Å². The molecule has 0 saturated carbocycles. The number of ether oxygens (including phenoxy) is 1. The first kappa shape index (κ1) is 15.7. The van der Waals surface area contributed by atoms with Crippen LogP contribution in [0, 0.1) is 0 Å². The molecule has 0 aromatic heterocycles. The van der Waals surface area contributed by atoms with Gasteiger partial charge >= 0.3 is 5.97 Å². The summed E-state index contributed by atoms with van der Waals surface area (Å²) in [7, 11) is -2.53. The second kappa shape index (κ2) is 6.23. The first-order valence-electron chi connectivity index (χ1n) is 5.40. The van der Waals surface area contributed by atoms with Gasteiger partial charge in [-0.25, -0.2) is 8.42 Å². The fourth-order valence-corrected chi connectivity index (χ4v) is 3.00. The summed E-state index contributed by atoms with van der Waals surface area (Å²) in [4.78, 5) is 10.7. The quantitative estimate of drug-likeness (QED) is 0.830. The number of rotatable bonds is 6. The van der Waals surface area contributed by atoms with Crippen molar-refractivity contribution in [1.29, 1.82) is 0 Å². The highest BCUT2D eigenvalue weighted by Gasteiger charge is 2.24. The number of aliphatic carboxylic acids is 1. The zero-order valence-electron chi connectivity index (χ0n) is 10.4. The maximum absolute atomic E-state index is 12.0. The minimum absolute atomic E-state index is 0.113. The van der Waals surface area contributed by atoms with Crippen LogP contribution < -0.4 is 9.46 Å². The molecule has 0 unspecified atom stereocenters. The SMILES string of the molecule is CC[C@H](NS(=O)(=O)c1ccc(OC)c(Cl)c1)C(=O)O. The second-order valence-corrected chi connectivity index (χ2v) is 5.84. The summed E-state index contributed by atoms with van der Waals surface area (Å²) >= 11 is 5.83. The number of nitrogens with one attached hydrogen (secondary N) is 1. The Morgan fingerprint density at radius 1 is 1.53 bits per heavy atom. The first-order valence-corrected chi connectivity index (χ1v) is 7.26. The van der Waals surface area contributed by atoms with Gasteiger partial charge in [0.15, 0.2) is 0 Å². The van der Waals surface area contributed by atoms with Gasteiger partial charge in [0.2, 0.25) is 10.0 Å². The molecule has 0 radical (unpaired) electrons. The molecule has 8 heteroatoms. The average molecular weight is 308 g/mol. The molecule has 0 fully saturated rings. The smallest absolute Gasteiger partial charge is 0.321 e. The zero-order valence-corrected chi connectivity index (χ0v) is 12.0. The van der Waals surface area contributed by atoms with E-state index in [1.165, 1.54) is 25.3 Å². The monoisotopic (exact) mass is 307 g/mol.